The van der Waals surface area contributed by atoms with Gasteiger partial charge in [-0.3, -0.25) is 14.4 Å². The lowest BCUT2D eigenvalue weighted by atomic mass is 9.84. The number of aromatic nitrogens is 2. The van der Waals surface area contributed by atoms with Crippen LogP contribution in [-0.4, -0.2) is 69.2 Å². The number of ether oxygens (including phenoxy) is 4. The number of methoxy groups -OCH3 is 4. The Hall–Kier alpha value is -6.93. The van der Waals surface area contributed by atoms with Gasteiger partial charge in [0, 0.05) is 64.2 Å². The summed E-state index contributed by atoms with van der Waals surface area (Å²) < 4.78 is 34.7. The van der Waals surface area contributed by atoms with Gasteiger partial charge in [0.2, 0.25) is 5.95 Å². The first-order chi connectivity index (χ1) is 28.6. The van der Waals surface area contributed by atoms with Gasteiger partial charge in [-0.05, 0) is 77.9 Å². The zero-order chi connectivity index (χ0) is 43.6. The standard InChI is InChI=1S/C27H27FN4O4.C19H24N2O3/c1-27(2,15-31-26(34)20-14-30-23-19(20)11-12-29-24(23)28)17-6-8-18(9-7-17)32-25(33)16-5-10-21(35-3)22(13-16)36-4;1-19(2,12-20)14-6-8-15(9-7-14)21-18(22)13-5-10-16(23-3)17(11-13)24-4/h5-14,30H,15H2,1-4H3,(H,31,34)(H,32,33);5-11H,12,20H2,1-4H3,(H,21,22). The fraction of sp³-hybridized carbons (Fsp3) is 0.261. The number of hydrogen-bond donors (Lipinski definition) is 5. The van der Waals surface area contributed by atoms with Crippen molar-refractivity contribution in [3.05, 3.63) is 137 Å². The molecule has 6 N–H and O–H groups in total. The van der Waals surface area contributed by atoms with E-state index < -0.39 is 11.4 Å². The average Bonchev–Trinajstić information content (AvgIpc) is 3.71. The third-order valence-electron chi connectivity index (χ3n) is 10.1. The molecule has 6 rings (SSSR count). The van der Waals surface area contributed by atoms with Gasteiger partial charge in [-0.2, -0.15) is 4.39 Å². The molecule has 60 heavy (non-hydrogen) atoms. The maximum absolute atomic E-state index is 13.8. The molecule has 0 bridgehead atoms. The number of pyridine rings is 1. The Morgan fingerprint density at radius 3 is 1.57 bits per heavy atom. The molecule has 0 saturated carbocycles. The highest BCUT2D eigenvalue weighted by Crippen LogP contribution is 2.30. The van der Waals surface area contributed by atoms with Gasteiger partial charge in [0.15, 0.2) is 23.0 Å². The zero-order valence-electron chi connectivity index (χ0n) is 35.0. The molecule has 0 radical (unpaired) electrons. The summed E-state index contributed by atoms with van der Waals surface area (Å²) in [6.07, 6.45) is 2.81. The lowest BCUT2D eigenvalue weighted by Gasteiger charge is -2.26. The number of carbonyl (C=O) groups is 3. The van der Waals surface area contributed by atoms with E-state index in [1.54, 1.807) is 49.6 Å². The van der Waals surface area contributed by atoms with Crippen molar-refractivity contribution >= 4 is 40.0 Å². The van der Waals surface area contributed by atoms with Gasteiger partial charge in [-0.1, -0.05) is 52.0 Å². The molecule has 0 atom stereocenters. The SMILES string of the molecule is COc1ccc(C(=O)Nc2ccc(C(C)(C)CN)cc2)cc1OC.COc1ccc(C(=O)Nc2ccc(C(C)(C)CNC(=O)c3c[nH]c4c(F)nccc34)cc2)cc1OC. The zero-order valence-corrected chi connectivity index (χ0v) is 35.0. The Kier molecular flexibility index (Phi) is 14.1. The quantitative estimate of drug-likeness (QED) is 0.0684. The molecule has 13 nitrogen and oxygen atoms in total. The second kappa shape index (κ2) is 19.2. The summed E-state index contributed by atoms with van der Waals surface area (Å²) >= 11 is 0. The summed E-state index contributed by atoms with van der Waals surface area (Å²) in [6, 6.07) is 26.8. The van der Waals surface area contributed by atoms with E-state index >= 15 is 0 Å². The predicted octanol–water partition coefficient (Wildman–Crippen LogP) is 7.87. The predicted molar refractivity (Wildman–Crippen MR) is 231 cm³/mol. The van der Waals surface area contributed by atoms with Crippen LogP contribution in [0.3, 0.4) is 0 Å². The molecule has 0 fully saturated rings. The first-order valence-corrected chi connectivity index (χ1v) is 19.0. The Labute approximate surface area is 348 Å². The molecule has 0 spiro atoms. The summed E-state index contributed by atoms with van der Waals surface area (Å²) in [6.45, 7) is 9.09. The van der Waals surface area contributed by atoms with Crippen molar-refractivity contribution in [1.82, 2.24) is 15.3 Å². The number of rotatable bonds is 14. The van der Waals surface area contributed by atoms with E-state index in [9.17, 15) is 18.8 Å². The fourth-order valence-corrected chi connectivity index (χ4v) is 6.20. The van der Waals surface area contributed by atoms with Crippen molar-refractivity contribution in [2.75, 3.05) is 52.2 Å². The van der Waals surface area contributed by atoms with Gasteiger partial charge < -0.3 is 45.6 Å². The monoisotopic (exact) mass is 818 g/mol. The first-order valence-electron chi connectivity index (χ1n) is 19.0. The number of carbonyl (C=O) groups excluding carboxylic acids is 3. The van der Waals surface area contributed by atoms with Crippen molar-refractivity contribution in [1.29, 1.82) is 0 Å². The molecule has 0 saturated heterocycles. The van der Waals surface area contributed by atoms with Crippen LogP contribution in [0.2, 0.25) is 0 Å². The van der Waals surface area contributed by atoms with Crippen LogP contribution < -0.4 is 40.6 Å². The molecular formula is C46H51FN6O7. The number of amides is 3. The van der Waals surface area contributed by atoms with Crippen LogP contribution in [0.5, 0.6) is 23.0 Å². The average molecular weight is 819 g/mol. The number of hydrogen-bond acceptors (Lipinski definition) is 9. The molecular weight excluding hydrogens is 768 g/mol. The molecule has 314 valence electrons. The van der Waals surface area contributed by atoms with Crippen LogP contribution in [0.4, 0.5) is 15.8 Å². The number of aromatic amines is 1. The van der Waals surface area contributed by atoms with Crippen molar-refractivity contribution in [2.45, 2.75) is 38.5 Å². The highest BCUT2D eigenvalue weighted by atomic mass is 19.1. The van der Waals surface area contributed by atoms with Gasteiger partial charge in [0.1, 0.15) is 5.52 Å². The van der Waals surface area contributed by atoms with Gasteiger partial charge in [-0.15, -0.1) is 0 Å². The molecule has 4 aromatic carbocycles. The maximum Gasteiger partial charge on any atom is 0.255 e. The molecule has 0 unspecified atom stereocenters. The molecule has 0 aliphatic carbocycles. The van der Waals surface area contributed by atoms with Crippen molar-refractivity contribution in [3.63, 3.8) is 0 Å². The minimum absolute atomic E-state index is 0.0914. The van der Waals surface area contributed by atoms with E-state index in [0.717, 1.165) is 16.8 Å². The van der Waals surface area contributed by atoms with Crippen molar-refractivity contribution < 1.29 is 37.7 Å². The first kappa shape index (κ1) is 44.2. The van der Waals surface area contributed by atoms with E-state index in [-0.39, 0.29) is 28.7 Å². The van der Waals surface area contributed by atoms with Crippen LogP contribution >= 0.6 is 0 Å². The highest BCUT2D eigenvalue weighted by Gasteiger charge is 2.24. The van der Waals surface area contributed by atoms with Crippen molar-refractivity contribution in [3.8, 4) is 23.0 Å². The van der Waals surface area contributed by atoms with Gasteiger partial charge >= 0.3 is 0 Å². The Morgan fingerprint density at radius 2 is 1.12 bits per heavy atom. The number of fused-ring (bicyclic) bond motifs is 1. The van der Waals surface area contributed by atoms with E-state index in [4.69, 9.17) is 24.7 Å². The topological polar surface area (TPSA) is 179 Å². The smallest absolute Gasteiger partial charge is 0.255 e. The van der Waals surface area contributed by atoms with E-state index in [1.807, 2.05) is 62.4 Å². The summed E-state index contributed by atoms with van der Waals surface area (Å²) in [7, 11) is 6.15. The van der Waals surface area contributed by atoms with Crippen LogP contribution in [0.1, 0.15) is 69.9 Å². The van der Waals surface area contributed by atoms with Gasteiger partial charge in [0.05, 0.1) is 34.0 Å². The van der Waals surface area contributed by atoms with Crippen LogP contribution in [0.15, 0.2) is 103 Å². The third-order valence-corrected chi connectivity index (χ3v) is 10.1. The minimum atomic E-state index is -0.648. The maximum atomic E-state index is 13.8. The lowest BCUT2D eigenvalue weighted by molar-refractivity contribution is 0.0946. The molecule has 14 heteroatoms. The summed E-state index contributed by atoms with van der Waals surface area (Å²) in [5.41, 5.74) is 10.3. The summed E-state index contributed by atoms with van der Waals surface area (Å²) in [5, 5.41) is 9.16. The molecule has 2 heterocycles. The van der Waals surface area contributed by atoms with Gasteiger partial charge in [-0.25, -0.2) is 4.98 Å². The minimum Gasteiger partial charge on any atom is -0.493 e. The molecule has 0 aliphatic rings. The number of benzene rings is 4. The fourth-order valence-electron chi connectivity index (χ4n) is 6.20. The Balaban J connectivity index is 0.000000247. The Bertz CT molecular complexity index is 2450. The molecule has 2 aromatic heterocycles. The molecule has 6 aromatic rings. The van der Waals surface area contributed by atoms with Crippen LogP contribution in [0.25, 0.3) is 10.9 Å². The molecule has 3 amide bonds. The number of H-pyrrole nitrogens is 1. The largest absolute Gasteiger partial charge is 0.493 e. The van der Waals surface area contributed by atoms with E-state index in [1.165, 1.54) is 33.7 Å². The summed E-state index contributed by atoms with van der Waals surface area (Å²) in [5.74, 6) is 0.680. The highest BCUT2D eigenvalue weighted by molar-refractivity contribution is 6.07. The molecule has 0 aliphatic heterocycles. The number of nitrogens with zero attached hydrogens (tertiary/aromatic N) is 1. The lowest BCUT2D eigenvalue weighted by Crippen LogP contribution is -2.36. The van der Waals surface area contributed by atoms with E-state index in [0.29, 0.717) is 63.9 Å². The second-order valence-corrected chi connectivity index (χ2v) is 15.1. The summed E-state index contributed by atoms with van der Waals surface area (Å²) in [4.78, 5) is 44.2. The van der Waals surface area contributed by atoms with Crippen LogP contribution in [-0.2, 0) is 10.8 Å². The van der Waals surface area contributed by atoms with E-state index in [2.05, 4.69) is 39.8 Å². The third kappa shape index (κ3) is 10.4. The van der Waals surface area contributed by atoms with Crippen molar-refractivity contribution in [2.24, 2.45) is 5.73 Å². The number of nitrogens with one attached hydrogen (secondary N) is 4. The van der Waals surface area contributed by atoms with Gasteiger partial charge in [0.25, 0.3) is 17.7 Å². The number of nitrogens with two attached hydrogens (primary N) is 1. The number of halogens is 1. The Morgan fingerprint density at radius 1 is 0.650 bits per heavy atom. The number of anilines is 2. The van der Waals surface area contributed by atoms with Crippen LogP contribution in [0, 0.1) is 5.95 Å². The normalized spacial score (nSPS) is 11.2. The second-order valence-electron chi connectivity index (χ2n) is 15.1.